The number of halogens is 1. The predicted molar refractivity (Wildman–Crippen MR) is 35.0 cm³/mol. The van der Waals surface area contributed by atoms with Crippen molar-refractivity contribution in [1.29, 1.82) is 0 Å². The van der Waals surface area contributed by atoms with Crippen LogP contribution in [0.3, 0.4) is 0 Å². The summed E-state index contributed by atoms with van der Waals surface area (Å²) < 4.78 is 0. The molecular weight excluding hydrogens is 152 g/mol. The first-order valence-electron chi connectivity index (χ1n) is 1.83. The minimum absolute atomic E-state index is 1.64. The molecule has 0 aliphatic carbocycles. The molecule has 0 aromatic heterocycles. The fourth-order valence-corrected chi connectivity index (χ4v) is 0.277. The van der Waals surface area contributed by atoms with Gasteiger partial charge in [0.15, 0.2) is 0 Å². The third-order valence-corrected chi connectivity index (χ3v) is 0.627. The standard InChI is InChI=1S/C6H5Br/c1-2-3-4-5-6-7/h4,6H,1H3. The normalized spacial score (nSPS) is 4.86. The highest BCUT2D eigenvalue weighted by Gasteiger charge is 1.46. The number of rotatable bonds is 0. The Hall–Kier alpha value is -0.440. The summed E-state index contributed by atoms with van der Waals surface area (Å²) >= 11 is 3.04. The van der Waals surface area contributed by atoms with Crippen LogP contribution in [0.15, 0.2) is 16.8 Å². The fraction of sp³-hybridized carbons (Fsp3) is 0.167. The van der Waals surface area contributed by atoms with Crippen LogP contribution in [0.4, 0.5) is 0 Å². The summed E-state index contributed by atoms with van der Waals surface area (Å²) in [4.78, 5) is 1.64. The minimum Gasteiger partial charge on any atom is -0.104 e. The van der Waals surface area contributed by atoms with E-state index in [0.717, 1.165) is 0 Å². The summed E-state index contributed by atoms with van der Waals surface area (Å²) in [6.07, 6.45) is 1.65. The van der Waals surface area contributed by atoms with Gasteiger partial charge >= 0.3 is 0 Å². The Morgan fingerprint density at radius 1 is 1.57 bits per heavy atom. The van der Waals surface area contributed by atoms with E-state index < -0.39 is 0 Å². The largest absolute Gasteiger partial charge is 0.104 e. The molecule has 0 spiro atoms. The molecule has 0 atom stereocenters. The van der Waals surface area contributed by atoms with Crippen LogP contribution in [0.1, 0.15) is 6.92 Å². The molecule has 0 radical (unpaired) electrons. The van der Waals surface area contributed by atoms with Gasteiger partial charge < -0.3 is 0 Å². The van der Waals surface area contributed by atoms with E-state index in [1.54, 1.807) is 18.0 Å². The molecule has 7 heavy (non-hydrogen) atoms. The van der Waals surface area contributed by atoms with Crippen LogP contribution in [-0.4, -0.2) is 0 Å². The molecule has 0 amide bonds. The van der Waals surface area contributed by atoms with Gasteiger partial charge in [-0.1, -0.05) is 21.9 Å². The Morgan fingerprint density at radius 3 is 2.71 bits per heavy atom. The number of hydrogen-bond donors (Lipinski definition) is 0. The molecule has 0 aromatic rings. The monoisotopic (exact) mass is 156 g/mol. The molecule has 0 aromatic carbocycles. The van der Waals surface area contributed by atoms with Gasteiger partial charge in [-0.3, -0.25) is 0 Å². The predicted octanol–water partition coefficient (Wildman–Crippen LogP) is 2.07. The van der Waals surface area contributed by atoms with Gasteiger partial charge in [0.1, 0.15) is 0 Å². The zero-order valence-corrected chi connectivity index (χ0v) is 5.62. The molecule has 36 valence electrons. The molecule has 0 rings (SSSR count). The topological polar surface area (TPSA) is 0 Å². The van der Waals surface area contributed by atoms with Crippen molar-refractivity contribution in [2.24, 2.45) is 0 Å². The Balaban J connectivity index is 3.63. The summed E-state index contributed by atoms with van der Waals surface area (Å²) in [5.74, 6) is 5.40. The van der Waals surface area contributed by atoms with Crippen LogP contribution >= 0.6 is 15.9 Å². The van der Waals surface area contributed by atoms with Crippen molar-refractivity contribution in [2.75, 3.05) is 0 Å². The SMILES string of the molecule is CC#CC=C=CBr. The second-order valence-electron chi connectivity index (χ2n) is 0.814. The molecule has 0 aliphatic rings. The van der Waals surface area contributed by atoms with E-state index in [1.165, 1.54) is 0 Å². The van der Waals surface area contributed by atoms with Crippen LogP contribution < -0.4 is 0 Å². The van der Waals surface area contributed by atoms with Crippen LogP contribution in [0.5, 0.6) is 0 Å². The highest BCUT2D eigenvalue weighted by atomic mass is 79.9. The van der Waals surface area contributed by atoms with Gasteiger partial charge in [0.25, 0.3) is 0 Å². The van der Waals surface area contributed by atoms with Gasteiger partial charge in [0, 0.05) is 11.1 Å². The van der Waals surface area contributed by atoms with Gasteiger partial charge in [0.05, 0.1) is 0 Å². The molecule has 0 saturated heterocycles. The van der Waals surface area contributed by atoms with Crippen LogP contribution in [0.25, 0.3) is 0 Å². The van der Waals surface area contributed by atoms with Crippen molar-refractivity contribution >= 4 is 15.9 Å². The molecule has 0 bridgehead atoms. The molecule has 0 heterocycles. The van der Waals surface area contributed by atoms with E-state index in [4.69, 9.17) is 0 Å². The first-order chi connectivity index (χ1) is 3.41. The van der Waals surface area contributed by atoms with Crippen molar-refractivity contribution < 1.29 is 0 Å². The van der Waals surface area contributed by atoms with Crippen LogP contribution in [0.2, 0.25) is 0 Å². The zero-order valence-electron chi connectivity index (χ0n) is 4.03. The lowest BCUT2D eigenvalue weighted by molar-refractivity contribution is 1.91. The highest BCUT2D eigenvalue weighted by Crippen LogP contribution is 1.75. The van der Waals surface area contributed by atoms with Crippen molar-refractivity contribution in [3.8, 4) is 11.8 Å². The molecule has 1 heteroatoms. The summed E-state index contributed by atoms with van der Waals surface area (Å²) in [5.41, 5.74) is 2.74. The van der Waals surface area contributed by atoms with Gasteiger partial charge in [-0.25, -0.2) is 0 Å². The lowest BCUT2D eigenvalue weighted by atomic mass is 10.6. The molecule has 0 saturated carbocycles. The maximum atomic E-state index is 3.04. The Morgan fingerprint density at radius 2 is 2.29 bits per heavy atom. The summed E-state index contributed by atoms with van der Waals surface area (Å²) in [6.45, 7) is 1.78. The quantitative estimate of drug-likeness (QED) is 0.373. The van der Waals surface area contributed by atoms with Crippen LogP contribution in [0, 0.1) is 11.8 Å². The van der Waals surface area contributed by atoms with E-state index in [1.807, 2.05) is 0 Å². The Bertz CT molecular complexity index is 139. The second kappa shape index (κ2) is 5.56. The van der Waals surface area contributed by atoms with Gasteiger partial charge in [0.2, 0.25) is 0 Å². The molecule has 0 fully saturated rings. The average molecular weight is 157 g/mol. The van der Waals surface area contributed by atoms with E-state index in [2.05, 4.69) is 33.5 Å². The van der Waals surface area contributed by atoms with Gasteiger partial charge in [-0.05, 0) is 6.92 Å². The summed E-state index contributed by atoms with van der Waals surface area (Å²) in [6, 6.07) is 0. The van der Waals surface area contributed by atoms with Gasteiger partial charge in [-0.15, -0.1) is 11.7 Å². The van der Waals surface area contributed by atoms with Crippen LogP contribution in [-0.2, 0) is 0 Å². The molecular formula is C6H5Br. The summed E-state index contributed by atoms with van der Waals surface area (Å²) in [7, 11) is 0. The van der Waals surface area contributed by atoms with Crippen molar-refractivity contribution in [2.45, 2.75) is 6.92 Å². The van der Waals surface area contributed by atoms with E-state index in [9.17, 15) is 0 Å². The third-order valence-electron chi connectivity index (χ3n) is 0.363. The maximum absolute atomic E-state index is 3.04. The first kappa shape index (κ1) is 6.56. The maximum Gasteiger partial charge on any atom is 0.0307 e. The van der Waals surface area contributed by atoms with Crippen molar-refractivity contribution in [3.05, 3.63) is 16.8 Å². The molecule has 0 N–H and O–H groups in total. The second-order valence-corrected chi connectivity index (χ2v) is 1.27. The third kappa shape index (κ3) is 5.56. The van der Waals surface area contributed by atoms with E-state index in [0.29, 0.717) is 0 Å². The average Bonchev–Trinajstić information content (AvgIpc) is 1.69. The lowest BCUT2D eigenvalue weighted by Crippen LogP contribution is -1.38. The fourth-order valence-electron chi connectivity index (χ4n) is 0.145. The number of hydrogen-bond acceptors (Lipinski definition) is 0. The first-order valence-corrected chi connectivity index (χ1v) is 2.75. The molecule has 0 nitrogen and oxygen atoms in total. The minimum atomic E-state index is 1.64. The zero-order chi connectivity index (χ0) is 5.54. The molecule has 0 unspecified atom stereocenters. The summed E-state index contributed by atoms with van der Waals surface area (Å²) in [5, 5.41) is 0. The Labute approximate surface area is 52.1 Å². The lowest BCUT2D eigenvalue weighted by Gasteiger charge is -1.53. The smallest absolute Gasteiger partial charge is 0.0307 e. The van der Waals surface area contributed by atoms with E-state index >= 15 is 0 Å². The van der Waals surface area contributed by atoms with Crippen molar-refractivity contribution in [3.63, 3.8) is 0 Å². The highest BCUT2D eigenvalue weighted by molar-refractivity contribution is 9.11. The van der Waals surface area contributed by atoms with Gasteiger partial charge in [-0.2, -0.15) is 0 Å². The number of allylic oxidation sites excluding steroid dienone is 1. The van der Waals surface area contributed by atoms with Crippen molar-refractivity contribution in [1.82, 2.24) is 0 Å². The van der Waals surface area contributed by atoms with E-state index in [-0.39, 0.29) is 0 Å². The molecule has 0 aliphatic heterocycles. The Kier molecular flexibility index (Phi) is 5.21.